The predicted molar refractivity (Wildman–Crippen MR) is 67.4 cm³/mol. The molecule has 6 heteroatoms. The van der Waals surface area contributed by atoms with Crippen molar-refractivity contribution in [3.63, 3.8) is 0 Å². The molecule has 18 heavy (non-hydrogen) atoms. The summed E-state index contributed by atoms with van der Waals surface area (Å²) in [6.07, 6.45) is 0. The Morgan fingerprint density at radius 3 is 2.06 bits per heavy atom. The van der Waals surface area contributed by atoms with Crippen LogP contribution >= 0.6 is 0 Å². The van der Waals surface area contributed by atoms with Gasteiger partial charge in [-0.3, -0.25) is 0 Å². The molecular weight excluding hydrogens is 452 g/mol. The molecule has 0 saturated heterocycles. The molecule has 0 aliphatic heterocycles. The molecule has 2 aromatic carbocycles. The first-order valence-electron chi connectivity index (χ1n) is 4.60. The van der Waals surface area contributed by atoms with Crippen molar-refractivity contribution in [1.82, 2.24) is 0 Å². The molecule has 0 heterocycles. The maximum atomic E-state index is 8.47. The van der Waals surface area contributed by atoms with Crippen LogP contribution in [0.3, 0.4) is 0 Å². The standard InChI is InChI=1S/C9H7.C2H6Si.CH3NO.2ClH.Hf/c1-2-5-9-7-3-6-8(9)4-1;1-3-2;2-1-3;;;/h1-7H;1-2H3;1H,(H2,2,3);2*1H;/q-1;;;;;+4/p-3. The molecular formula is C12H15Cl2HfNOSi. The summed E-state index contributed by atoms with van der Waals surface area (Å²) in [6.45, 7) is 4.31. The van der Waals surface area contributed by atoms with E-state index in [0.29, 0.717) is 0 Å². The summed E-state index contributed by atoms with van der Waals surface area (Å²) in [7, 11) is 1.08. The van der Waals surface area contributed by atoms with Crippen LogP contribution in [0.15, 0.2) is 42.5 Å². The molecule has 1 amide bonds. The zero-order valence-corrected chi connectivity index (χ0v) is 16.4. The van der Waals surface area contributed by atoms with Gasteiger partial charge in [-0.25, -0.2) is 0 Å². The molecule has 0 atom stereocenters. The number of rotatable bonds is 0. The van der Waals surface area contributed by atoms with E-state index in [1.54, 1.807) is 0 Å². The van der Waals surface area contributed by atoms with Gasteiger partial charge in [0.05, 0.1) is 0 Å². The maximum Gasteiger partial charge on any atom is 4.00 e. The Bertz CT molecular complexity index is 355. The number of nitrogens with one attached hydrogen (secondary N) is 1. The Balaban J connectivity index is -0.0000000964. The van der Waals surface area contributed by atoms with Crippen LogP contribution in [-0.2, 0) is 30.6 Å². The SMILES string of the molecule is C[Si]C.[Cl-].[Cl-].[Hf+4].[NH-]C=O.c1ccc2[cH-]ccc2c1. The van der Waals surface area contributed by atoms with E-state index in [1.807, 2.05) is 0 Å². The largest absolute Gasteiger partial charge is 4.00 e. The first kappa shape index (κ1) is 26.5. The summed E-state index contributed by atoms with van der Waals surface area (Å²) in [5.74, 6) is 0. The molecule has 0 bridgehead atoms. The third-order valence-electron chi connectivity index (χ3n) is 1.55. The summed E-state index contributed by atoms with van der Waals surface area (Å²) in [4.78, 5) is 8.47. The topological polar surface area (TPSA) is 40.9 Å². The van der Waals surface area contributed by atoms with Crippen molar-refractivity contribution < 1.29 is 55.5 Å². The van der Waals surface area contributed by atoms with E-state index in [4.69, 9.17) is 10.5 Å². The minimum atomic E-state index is 0. The van der Waals surface area contributed by atoms with Gasteiger partial charge >= 0.3 is 25.8 Å². The van der Waals surface area contributed by atoms with E-state index in [0.717, 1.165) is 9.52 Å². The van der Waals surface area contributed by atoms with Gasteiger partial charge in [0.1, 0.15) is 0 Å². The zero-order chi connectivity index (χ0) is 11.5. The molecule has 0 aromatic heterocycles. The Labute approximate surface area is 142 Å². The molecule has 2 aromatic rings. The fraction of sp³-hybridized carbons (Fsp3) is 0.167. The molecule has 2 radical (unpaired) electrons. The van der Waals surface area contributed by atoms with E-state index in [9.17, 15) is 0 Å². The smallest absolute Gasteiger partial charge is 1.00 e. The number of fused-ring (bicyclic) bond motifs is 1. The number of halogens is 2. The van der Waals surface area contributed by atoms with Crippen molar-refractivity contribution in [2.45, 2.75) is 13.1 Å². The molecule has 0 unspecified atom stereocenters. The van der Waals surface area contributed by atoms with Crippen molar-refractivity contribution in [2.75, 3.05) is 0 Å². The Morgan fingerprint density at radius 1 is 1.17 bits per heavy atom. The molecule has 2 nitrogen and oxygen atoms in total. The molecule has 0 spiro atoms. The van der Waals surface area contributed by atoms with Crippen LogP contribution in [0.1, 0.15) is 0 Å². The van der Waals surface area contributed by atoms with Crippen LogP contribution < -0.4 is 24.8 Å². The Morgan fingerprint density at radius 2 is 1.61 bits per heavy atom. The van der Waals surface area contributed by atoms with E-state index >= 15 is 0 Å². The monoisotopic (exact) mass is 467 g/mol. The molecule has 1 N–H and O–H groups in total. The van der Waals surface area contributed by atoms with Gasteiger partial charge in [0.2, 0.25) is 0 Å². The van der Waals surface area contributed by atoms with Crippen LogP contribution in [0.5, 0.6) is 0 Å². The van der Waals surface area contributed by atoms with E-state index in [-0.39, 0.29) is 57.1 Å². The van der Waals surface area contributed by atoms with Crippen molar-refractivity contribution in [3.8, 4) is 0 Å². The number of carbonyl (C=O) groups excluding carboxylic acids is 1. The third-order valence-corrected chi connectivity index (χ3v) is 1.55. The summed E-state index contributed by atoms with van der Waals surface area (Å²) in [6, 6.07) is 14.7. The fourth-order valence-electron chi connectivity index (χ4n) is 1.07. The predicted octanol–water partition coefficient (Wildman–Crippen LogP) is -2.45. The van der Waals surface area contributed by atoms with Crippen molar-refractivity contribution in [1.29, 1.82) is 0 Å². The van der Waals surface area contributed by atoms with E-state index in [1.165, 1.54) is 10.8 Å². The van der Waals surface area contributed by atoms with Gasteiger partial charge in [-0.15, -0.1) is 29.7 Å². The van der Waals surface area contributed by atoms with Gasteiger partial charge in [0.25, 0.3) is 0 Å². The quantitative estimate of drug-likeness (QED) is 0.241. The zero-order valence-electron chi connectivity index (χ0n) is 10.3. The van der Waals surface area contributed by atoms with Crippen LogP contribution in [0.25, 0.3) is 16.5 Å². The second-order valence-corrected chi connectivity index (χ2v) is 3.77. The fourth-order valence-corrected chi connectivity index (χ4v) is 1.07. The first-order chi connectivity index (χ1) is 7.29. The number of amides is 1. The van der Waals surface area contributed by atoms with E-state index in [2.05, 4.69) is 55.6 Å². The number of carbonyl (C=O) groups is 1. The molecule has 0 saturated carbocycles. The summed E-state index contributed by atoms with van der Waals surface area (Å²) < 4.78 is 0. The first-order valence-corrected chi connectivity index (χ1v) is 6.60. The number of benzene rings is 1. The Hall–Kier alpha value is -0.0330. The molecule has 96 valence electrons. The number of hydrogen-bond donors (Lipinski definition) is 0. The minimum Gasteiger partial charge on any atom is -1.00 e. The minimum absolute atomic E-state index is 0. The summed E-state index contributed by atoms with van der Waals surface area (Å²) in [5.41, 5.74) is 5.53. The van der Waals surface area contributed by atoms with Gasteiger partial charge in [-0.2, -0.15) is 17.5 Å². The van der Waals surface area contributed by atoms with Crippen molar-refractivity contribution in [3.05, 3.63) is 48.2 Å². The normalized spacial score (nSPS) is 6.78. The van der Waals surface area contributed by atoms with Crippen LogP contribution in [0, 0.1) is 0 Å². The van der Waals surface area contributed by atoms with Gasteiger partial charge in [-0.05, 0) is 0 Å². The molecule has 0 aliphatic carbocycles. The average molecular weight is 467 g/mol. The van der Waals surface area contributed by atoms with Gasteiger partial charge in [0, 0.05) is 15.9 Å². The van der Waals surface area contributed by atoms with Crippen LogP contribution in [-0.4, -0.2) is 15.9 Å². The van der Waals surface area contributed by atoms with Crippen molar-refractivity contribution in [2.24, 2.45) is 0 Å². The maximum absolute atomic E-state index is 8.47. The molecule has 0 aliphatic rings. The van der Waals surface area contributed by atoms with Crippen LogP contribution in [0.4, 0.5) is 0 Å². The van der Waals surface area contributed by atoms with Gasteiger partial charge < -0.3 is 35.3 Å². The average Bonchev–Trinajstić information content (AvgIpc) is 2.67. The van der Waals surface area contributed by atoms with Crippen LogP contribution in [0.2, 0.25) is 13.1 Å². The third kappa shape index (κ3) is 12.4. The molecule has 0 fully saturated rings. The number of hydrogen-bond acceptors (Lipinski definition) is 1. The van der Waals surface area contributed by atoms with Gasteiger partial charge in [-0.1, -0.05) is 19.2 Å². The Kier molecular flexibility index (Phi) is 28.4. The summed E-state index contributed by atoms with van der Waals surface area (Å²) >= 11 is 0. The summed E-state index contributed by atoms with van der Waals surface area (Å²) in [5, 5.41) is 2.66. The molecule has 2 rings (SSSR count). The van der Waals surface area contributed by atoms with E-state index < -0.39 is 0 Å². The van der Waals surface area contributed by atoms with Gasteiger partial charge in [0.15, 0.2) is 0 Å². The second kappa shape index (κ2) is 19.3. The van der Waals surface area contributed by atoms with Crippen molar-refractivity contribution >= 4 is 26.7 Å². The second-order valence-electron chi connectivity index (χ2n) is 2.77.